The van der Waals surface area contributed by atoms with Gasteiger partial charge in [0.2, 0.25) is 5.91 Å². The number of hydrogen-bond acceptors (Lipinski definition) is 6. The smallest absolute Gasteiger partial charge is 0.226 e. The minimum Gasteiger partial charge on any atom is -0.375 e. The lowest BCUT2D eigenvalue weighted by atomic mass is 10.2. The maximum absolute atomic E-state index is 11.7. The van der Waals surface area contributed by atoms with Crippen molar-refractivity contribution in [3.05, 3.63) is 11.1 Å². The van der Waals surface area contributed by atoms with E-state index >= 15 is 0 Å². The van der Waals surface area contributed by atoms with Crippen molar-refractivity contribution in [1.29, 1.82) is 0 Å². The molecular formula is C10H15N3O3S2. The van der Waals surface area contributed by atoms with E-state index in [1.165, 1.54) is 11.3 Å². The zero-order chi connectivity index (χ0) is 13.2. The van der Waals surface area contributed by atoms with Gasteiger partial charge in [0.25, 0.3) is 0 Å². The van der Waals surface area contributed by atoms with Crippen LogP contribution in [-0.4, -0.2) is 36.9 Å². The molecule has 3 N–H and O–H groups in total. The van der Waals surface area contributed by atoms with Gasteiger partial charge in [-0.25, -0.2) is 13.4 Å². The zero-order valence-electron chi connectivity index (χ0n) is 9.76. The fourth-order valence-electron chi connectivity index (χ4n) is 1.98. The largest absolute Gasteiger partial charge is 0.375 e. The van der Waals surface area contributed by atoms with Gasteiger partial charge < -0.3 is 11.1 Å². The molecule has 8 heteroatoms. The van der Waals surface area contributed by atoms with E-state index in [1.54, 1.807) is 5.38 Å². The molecule has 0 aliphatic carbocycles. The van der Waals surface area contributed by atoms with Crippen LogP contribution in [0, 0.1) is 0 Å². The molecule has 1 aliphatic heterocycles. The molecule has 2 rings (SSSR count). The van der Waals surface area contributed by atoms with Crippen LogP contribution in [-0.2, 0) is 21.1 Å². The number of anilines is 1. The highest BCUT2D eigenvalue weighted by Crippen LogP contribution is 2.14. The Bertz CT molecular complexity index is 538. The number of nitrogen functional groups attached to an aromatic ring is 1. The summed E-state index contributed by atoms with van der Waals surface area (Å²) >= 11 is 1.28. The van der Waals surface area contributed by atoms with Crippen LogP contribution in [0.15, 0.2) is 5.38 Å². The molecule has 6 nitrogen and oxygen atoms in total. The van der Waals surface area contributed by atoms with E-state index < -0.39 is 9.84 Å². The van der Waals surface area contributed by atoms with E-state index in [1.807, 2.05) is 0 Å². The van der Waals surface area contributed by atoms with Gasteiger partial charge in [0.15, 0.2) is 15.0 Å². The fourth-order valence-corrected chi connectivity index (χ4v) is 4.18. The molecule has 1 unspecified atom stereocenters. The number of carbonyl (C=O) groups is 1. The molecule has 1 aromatic rings. The molecule has 18 heavy (non-hydrogen) atoms. The van der Waals surface area contributed by atoms with Crippen LogP contribution in [0.3, 0.4) is 0 Å². The Morgan fingerprint density at radius 2 is 2.39 bits per heavy atom. The Morgan fingerprint density at radius 3 is 3.00 bits per heavy atom. The second kappa shape index (κ2) is 5.23. The Kier molecular flexibility index (Phi) is 3.86. The second-order valence-electron chi connectivity index (χ2n) is 4.37. The molecule has 1 atom stereocenters. The van der Waals surface area contributed by atoms with Crippen molar-refractivity contribution in [2.24, 2.45) is 0 Å². The average Bonchev–Trinajstić information content (AvgIpc) is 2.62. The van der Waals surface area contributed by atoms with Gasteiger partial charge in [-0.2, -0.15) is 0 Å². The van der Waals surface area contributed by atoms with Crippen molar-refractivity contribution >= 4 is 32.2 Å². The number of carbonyl (C=O) groups excluding carboxylic acids is 1. The number of amides is 1. The Balaban J connectivity index is 1.88. The number of nitrogens with one attached hydrogen (secondary N) is 1. The van der Waals surface area contributed by atoms with Crippen LogP contribution in [0.25, 0.3) is 0 Å². The summed E-state index contributed by atoms with van der Waals surface area (Å²) in [6.07, 6.45) is 1.46. The first kappa shape index (κ1) is 13.3. The molecule has 1 saturated heterocycles. The summed E-state index contributed by atoms with van der Waals surface area (Å²) in [4.78, 5) is 15.7. The first-order chi connectivity index (χ1) is 8.44. The van der Waals surface area contributed by atoms with E-state index in [0.29, 0.717) is 23.7 Å². The van der Waals surface area contributed by atoms with Gasteiger partial charge in [-0.05, 0) is 12.8 Å². The standard InChI is InChI=1S/C10H15N3O3S2/c11-10-13-8(5-17-10)4-9(14)12-7-2-1-3-18(15,16)6-7/h5,7H,1-4,6H2,(H2,11,13)(H,12,14). The molecule has 1 aromatic heterocycles. The molecule has 0 aromatic carbocycles. The summed E-state index contributed by atoms with van der Waals surface area (Å²) in [6, 6.07) is -0.271. The number of sulfone groups is 1. The van der Waals surface area contributed by atoms with Crippen molar-refractivity contribution in [2.75, 3.05) is 17.2 Å². The van der Waals surface area contributed by atoms with Crippen molar-refractivity contribution in [1.82, 2.24) is 10.3 Å². The van der Waals surface area contributed by atoms with Gasteiger partial charge in [0.1, 0.15) is 0 Å². The van der Waals surface area contributed by atoms with Crippen LogP contribution in [0.4, 0.5) is 5.13 Å². The highest BCUT2D eigenvalue weighted by atomic mass is 32.2. The van der Waals surface area contributed by atoms with Gasteiger partial charge >= 0.3 is 0 Å². The number of thiazole rings is 1. The summed E-state index contributed by atoms with van der Waals surface area (Å²) in [7, 11) is -2.99. The van der Waals surface area contributed by atoms with E-state index in [9.17, 15) is 13.2 Å². The quantitative estimate of drug-likeness (QED) is 0.813. The molecule has 100 valence electrons. The summed E-state index contributed by atoms with van der Waals surface area (Å²) in [5.74, 6) is 0.0577. The van der Waals surface area contributed by atoms with Crippen LogP contribution < -0.4 is 11.1 Å². The molecule has 0 radical (unpaired) electrons. The summed E-state index contributed by atoms with van der Waals surface area (Å²) in [5.41, 5.74) is 6.09. The van der Waals surface area contributed by atoms with Crippen molar-refractivity contribution in [2.45, 2.75) is 25.3 Å². The topological polar surface area (TPSA) is 102 Å². The van der Waals surface area contributed by atoms with Gasteiger partial charge in [0, 0.05) is 11.4 Å². The van der Waals surface area contributed by atoms with Crippen molar-refractivity contribution in [3.63, 3.8) is 0 Å². The number of nitrogens with two attached hydrogens (primary N) is 1. The molecule has 0 bridgehead atoms. The molecule has 2 heterocycles. The highest BCUT2D eigenvalue weighted by Gasteiger charge is 2.25. The summed E-state index contributed by atoms with van der Waals surface area (Å²) in [5, 5.41) is 4.90. The first-order valence-electron chi connectivity index (χ1n) is 5.64. The zero-order valence-corrected chi connectivity index (χ0v) is 11.4. The lowest BCUT2D eigenvalue weighted by Gasteiger charge is -2.22. The third-order valence-corrected chi connectivity index (χ3v) is 5.28. The lowest BCUT2D eigenvalue weighted by Crippen LogP contribution is -2.43. The Labute approximate surface area is 110 Å². The number of aromatic nitrogens is 1. The van der Waals surface area contributed by atoms with Crippen LogP contribution in [0.5, 0.6) is 0 Å². The Morgan fingerprint density at radius 1 is 1.61 bits per heavy atom. The molecule has 1 aliphatic rings. The number of hydrogen-bond donors (Lipinski definition) is 2. The summed E-state index contributed by atoms with van der Waals surface area (Å²) in [6.45, 7) is 0. The van der Waals surface area contributed by atoms with E-state index in [-0.39, 0.29) is 29.9 Å². The molecule has 1 amide bonds. The molecule has 0 saturated carbocycles. The fraction of sp³-hybridized carbons (Fsp3) is 0.600. The summed E-state index contributed by atoms with van der Waals surface area (Å²) < 4.78 is 22.9. The van der Waals surface area contributed by atoms with Crippen LogP contribution in [0.1, 0.15) is 18.5 Å². The number of nitrogens with zero attached hydrogens (tertiary/aromatic N) is 1. The average molecular weight is 289 g/mol. The van der Waals surface area contributed by atoms with Gasteiger partial charge in [-0.15, -0.1) is 11.3 Å². The highest BCUT2D eigenvalue weighted by molar-refractivity contribution is 7.91. The monoisotopic (exact) mass is 289 g/mol. The van der Waals surface area contributed by atoms with Crippen LogP contribution in [0.2, 0.25) is 0 Å². The minimum absolute atomic E-state index is 0.0396. The molecule has 1 fully saturated rings. The second-order valence-corrected chi connectivity index (χ2v) is 7.49. The molecular weight excluding hydrogens is 274 g/mol. The van der Waals surface area contributed by atoms with Gasteiger partial charge in [0.05, 0.1) is 23.6 Å². The predicted octanol–water partition coefficient (Wildman–Crippen LogP) is -0.0388. The van der Waals surface area contributed by atoms with E-state index in [2.05, 4.69) is 10.3 Å². The predicted molar refractivity (Wildman–Crippen MR) is 70.0 cm³/mol. The Hall–Kier alpha value is -1.15. The third-order valence-electron chi connectivity index (χ3n) is 2.74. The van der Waals surface area contributed by atoms with E-state index in [4.69, 9.17) is 5.73 Å². The van der Waals surface area contributed by atoms with Gasteiger partial charge in [-0.1, -0.05) is 0 Å². The molecule has 0 spiro atoms. The van der Waals surface area contributed by atoms with Crippen LogP contribution >= 0.6 is 11.3 Å². The maximum Gasteiger partial charge on any atom is 0.226 e. The minimum atomic E-state index is -2.99. The third kappa shape index (κ3) is 3.67. The van der Waals surface area contributed by atoms with E-state index in [0.717, 1.165) is 0 Å². The van der Waals surface area contributed by atoms with Gasteiger partial charge in [-0.3, -0.25) is 4.79 Å². The number of rotatable bonds is 3. The normalized spacial score (nSPS) is 22.6. The van der Waals surface area contributed by atoms with Crippen molar-refractivity contribution < 1.29 is 13.2 Å². The maximum atomic E-state index is 11.7. The SMILES string of the molecule is Nc1nc(CC(=O)NC2CCCS(=O)(=O)C2)cs1. The van der Waals surface area contributed by atoms with Crippen molar-refractivity contribution in [3.8, 4) is 0 Å². The first-order valence-corrected chi connectivity index (χ1v) is 8.34. The lowest BCUT2D eigenvalue weighted by molar-refractivity contribution is -0.121.